The van der Waals surface area contributed by atoms with Crippen LogP contribution in [-0.2, 0) is 16.4 Å². The SMILES string of the molecule is CC(CCc1ccccc1)NS(=O)(=O)c1nnc(N)s1. The first-order valence-corrected chi connectivity index (χ1v) is 8.42. The molecule has 1 aromatic heterocycles. The van der Waals surface area contributed by atoms with Gasteiger partial charge in [-0.3, -0.25) is 0 Å². The Kier molecular flexibility index (Phi) is 4.69. The highest BCUT2D eigenvalue weighted by Crippen LogP contribution is 2.17. The summed E-state index contributed by atoms with van der Waals surface area (Å²) in [6.07, 6.45) is 1.51. The smallest absolute Gasteiger partial charge is 0.270 e. The van der Waals surface area contributed by atoms with E-state index in [4.69, 9.17) is 5.73 Å². The fourth-order valence-electron chi connectivity index (χ4n) is 1.73. The Morgan fingerprint density at radius 1 is 1.30 bits per heavy atom. The molecule has 3 N–H and O–H groups in total. The van der Waals surface area contributed by atoms with Crippen LogP contribution in [0.5, 0.6) is 0 Å². The largest absolute Gasteiger partial charge is 0.374 e. The third-order valence-electron chi connectivity index (χ3n) is 2.72. The Hall–Kier alpha value is -1.51. The van der Waals surface area contributed by atoms with Crippen molar-refractivity contribution in [3.05, 3.63) is 35.9 Å². The van der Waals surface area contributed by atoms with Crippen LogP contribution in [0.3, 0.4) is 0 Å². The zero-order valence-corrected chi connectivity index (χ0v) is 12.6. The lowest BCUT2D eigenvalue weighted by molar-refractivity contribution is 0.545. The molecule has 0 radical (unpaired) electrons. The van der Waals surface area contributed by atoms with Gasteiger partial charge in [0.25, 0.3) is 10.0 Å². The maximum atomic E-state index is 12.0. The maximum Gasteiger partial charge on any atom is 0.270 e. The van der Waals surface area contributed by atoms with Gasteiger partial charge in [0.15, 0.2) is 0 Å². The topological polar surface area (TPSA) is 98.0 Å². The summed E-state index contributed by atoms with van der Waals surface area (Å²) in [5.41, 5.74) is 6.57. The third kappa shape index (κ3) is 3.99. The molecule has 0 aliphatic rings. The number of nitrogens with zero attached hydrogens (tertiary/aromatic N) is 2. The number of hydrogen-bond acceptors (Lipinski definition) is 6. The van der Waals surface area contributed by atoms with Crippen molar-refractivity contribution in [1.82, 2.24) is 14.9 Å². The van der Waals surface area contributed by atoms with Crippen molar-refractivity contribution in [2.24, 2.45) is 0 Å². The van der Waals surface area contributed by atoms with Gasteiger partial charge in [-0.25, -0.2) is 13.1 Å². The van der Waals surface area contributed by atoms with E-state index in [-0.39, 0.29) is 15.5 Å². The first-order chi connectivity index (χ1) is 9.47. The van der Waals surface area contributed by atoms with Gasteiger partial charge in [-0.15, -0.1) is 10.2 Å². The van der Waals surface area contributed by atoms with E-state index in [1.165, 1.54) is 5.56 Å². The van der Waals surface area contributed by atoms with Crippen LogP contribution >= 0.6 is 11.3 Å². The second kappa shape index (κ2) is 6.29. The molecule has 1 atom stereocenters. The second-order valence-electron chi connectivity index (χ2n) is 4.45. The molecule has 1 heterocycles. The Bertz CT molecular complexity index is 655. The molecule has 0 aliphatic heterocycles. The minimum atomic E-state index is -3.63. The van der Waals surface area contributed by atoms with E-state index in [9.17, 15) is 8.42 Å². The van der Waals surface area contributed by atoms with Crippen LogP contribution in [0.15, 0.2) is 34.7 Å². The van der Waals surface area contributed by atoms with Crippen molar-refractivity contribution >= 4 is 26.5 Å². The number of rotatable bonds is 6. The van der Waals surface area contributed by atoms with E-state index >= 15 is 0 Å². The predicted octanol–water partition coefficient (Wildman–Crippen LogP) is 1.42. The third-order valence-corrected chi connectivity index (χ3v) is 5.43. The van der Waals surface area contributed by atoms with E-state index in [0.29, 0.717) is 6.42 Å². The molecule has 0 amide bonds. The van der Waals surface area contributed by atoms with Crippen LogP contribution in [-0.4, -0.2) is 24.7 Å². The molecule has 0 fully saturated rings. The van der Waals surface area contributed by atoms with Crippen LogP contribution in [0, 0.1) is 0 Å². The van der Waals surface area contributed by atoms with Gasteiger partial charge >= 0.3 is 0 Å². The van der Waals surface area contributed by atoms with Crippen LogP contribution in [0.25, 0.3) is 0 Å². The molecule has 2 aromatic rings. The highest BCUT2D eigenvalue weighted by atomic mass is 32.2. The number of nitrogen functional groups attached to an aromatic ring is 1. The molecule has 0 bridgehead atoms. The van der Waals surface area contributed by atoms with E-state index in [0.717, 1.165) is 17.8 Å². The highest BCUT2D eigenvalue weighted by Gasteiger charge is 2.21. The van der Waals surface area contributed by atoms with Crippen molar-refractivity contribution < 1.29 is 8.42 Å². The summed E-state index contributed by atoms with van der Waals surface area (Å²) >= 11 is 0.856. The van der Waals surface area contributed by atoms with Gasteiger partial charge < -0.3 is 5.73 Å². The molecular formula is C12H16N4O2S2. The zero-order chi connectivity index (χ0) is 14.6. The van der Waals surface area contributed by atoms with Crippen molar-refractivity contribution in [3.8, 4) is 0 Å². The Morgan fingerprint density at radius 3 is 2.60 bits per heavy atom. The lowest BCUT2D eigenvalue weighted by atomic mass is 10.1. The van der Waals surface area contributed by atoms with E-state index < -0.39 is 10.0 Å². The van der Waals surface area contributed by atoms with Crippen LogP contribution < -0.4 is 10.5 Å². The average molecular weight is 312 g/mol. The van der Waals surface area contributed by atoms with E-state index in [1.54, 1.807) is 0 Å². The molecule has 0 saturated heterocycles. The number of benzene rings is 1. The van der Waals surface area contributed by atoms with Crippen molar-refractivity contribution in [3.63, 3.8) is 0 Å². The first-order valence-electron chi connectivity index (χ1n) is 6.12. The number of sulfonamides is 1. The van der Waals surface area contributed by atoms with Crippen molar-refractivity contribution in [2.75, 3.05) is 5.73 Å². The van der Waals surface area contributed by atoms with Gasteiger partial charge in [-0.1, -0.05) is 41.7 Å². The van der Waals surface area contributed by atoms with E-state index in [2.05, 4.69) is 14.9 Å². The standard InChI is InChI=1S/C12H16N4O2S2/c1-9(7-8-10-5-3-2-4-6-10)16-20(17,18)12-15-14-11(13)19-12/h2-6,9,16H,7-8H2,1H3,(H2,13,14). The van der Waals surface area contributed by atoms with Crippen LogP contribution in [0.2, 0.25) is 0 Å². The van der Waals surface area contributed by atoms with Crippen molar-refractivity contribution in [2.45, 2.75) is 30.1 Å². The molecule has 6 nitrogen and oxygen atoms in total. The summed E-state index contributed by atoms with van der Waals surface area (Å²) in [7, 11) is -3.63. The Morgan fingerprint density at radius 2 is 2.00 bits per heavy atom. The molecule has 1 unspecified atom stereocenters. The van der Waals surface area contributed by atoms with Crippen LogP contribution in [0.1, 0.15) is 18.9 Å². The average Bonchev–Trinajstić information content (AvgIpc) is 2.85. The highest BCUT2D eigenvalue weighted by molar-refractivity contribution is 7.91. The molecule has 0 aliphatic carbocycles. The van der Waals surface area contributed by atoms with Gasteiger partial charge in [0, 0.05) is 6.04 Å². The second-order valence-corrected chi connectivity index (χ2v) is 7.35. The fraction of sp³-hybridized carbons (Fsp3) is 0.333. The summed E-state index contributed by atoms with van der Waals surface area (Å²) in [5.74, 6) is 0. The lowest BCUT2D eigenvalue weighted by Gasteiger charge is -2.12. The number of nitrogens with one attached hydrogen (secondary N) is 1. The number of anilines is 1. The molecule has 2 rings (SSSR count). The van der Waals surface area contributed by atoms with Gasteiger partial charge in [-0.2, -0.15) is 0 Å². The van der Waals surface area contributed by atoms with Gasteiger partial charge in [0.1, 0.15) is 0 Å². The summed E-state index contributed by atoms with van der Waals surface area (Å²) in [4.78, 5) is 0. The molecule has 0 saturated carbocycles. The minimum absolute atomic E-state index is 0.0958. The van der Waals surface area contributed by atoms with Gasteiger partial charge in [0.05, 0.1) is 0 Å². The zero-order valence-electron chi connectivity index (χ0n) is 11.0. The molecule has 0 spiro atoms. The monoisotopic (exact) mass is 312 g/mol. The summed E-state index contributed by atoms with van der Waals surface area (Å²) in [6.45, 7) is 1.82. The van der Waals surface area contributed by atoms with Crippen molar-refractivity contribution in [1.29, 1.82) is 0 Å². The summed E-state index contributed by atoms with van der Waals surface area (Å²) in [6, 6.07) is 9.74. The number of hydrogen-bond donors (Lipinski definition) is 2. The number of aryl methyl sites for hydroxylation is 1. The predicted molar refractivity (Wildman–Crippen MR) is 78.9 cm³/mol. The minimum Gasteiger partial charge on any atom is -0.374 e. The summed E-state index contributed by atoms with van der Waals surface area (Å²) < 4.78 is 26.5. The molecule has 20 heavy (non-hydrogen) atoms. The quantitative estimate of drug-likeness (QED) is 0.840. The molecule has 8 heteroatoms. The molecular weight excluding hydrogens is 296 g/mol. The molecule has 108 valence electrons. The normalized spacial score (nSPS) is 13.2. The van der Waals surface area contributed by atoms with Gasteiger partial charge in [0.2, 0.25) is 9.47 Å². The van der Waals surface area contributed by atoms with E-state index in [1.807, 2.05) is 37.3 Å². The number of nitrogens with two attached hydrogens (primary N) is 1. The van der Waals surface area contributed by atoms with Gasteiger partial charge in [-0.05, 0) is 25.3 Å². The Balaban J connectivity index is 1.92. The number of aromatic nitrogens is 2. The maximum absolute atomic E-state index is 12.0. The van der Waals surface area contributed by atoms with Crippen LogP contribution in [0.4, 0.5) is 5.13 Å². The summed E-state index contributed by atoms with van der Waals surface area (Å²) in [5, 5.41) is 7.20. The fourth-order valence-corrected chi connectivity index (χ4v) is 3.81. The Labute approximate surface area is 122 Å². The lowest BCUT2D eigenvalue weighted by Crippen LogP contribution is -2.32. The molecule has 1 aromatic carbocycles. The first kappa shape index (κ1) is 14.9.